The van der Waals surface area contributed by atoms with Gasteiger partial charge in [0, 0.05) is 55.5 Å². The number of pyridine rings is 1. The van der Waals surface area contributed by atoms with E-state index in [-0.39, 0.29) is 11.8 Å². The molecular formula is C24H24N6O3. The zero-order valence-electron chi connectivity index (χ0n) is 18.5. The Hall–Kier alpha value is -4.01. The fourth-order valence-electron chi connectivity index (χ4n) is 3.71. The van der Waals surface area contributed by atoms with Crippen molar-refractivity contribution in [3.05, 3.63) is 66.3 Å². The summed E-state index contributed by atoms with van der Waals surface area (Å²) in [4.78, 5) is 25.8. The van der Waals surface area contributed by atoms with Gasteiger partial charge in [0.05, 0.1) is 0 Å². The van der Waals surface area contributed by atoms with Crippen molar-refractivity contribution in [1.82, 2.24) is 25.2 Å². The number of carbonyl (C=O) groups excluding carboxylic acids is 1. The van der Waals surface area contributed by atoms with Gasteiger partial charge in [-0.3, -0.25) is 4.79 Å². The molecular weight excluding hydrogens is 420 g/mol. The predicted molar refractivity (Wildman–Crippen MR) is 122 cm³/mol. The lowest BCUT2D eigenvalue weighted by Gasteiger charge is -2.35. The van der Waals surface area contributed by atoms with Gasteiger partial charge in [-0.2, -0.15) is 4.98 Å². The molecule has 3 aromatic heterocycles. The highest BCUT2D eigenvalue weighted by atomic mass is 16.5. The number of aromatic nitrogens is 4. The Morgan fingerprint density at radius 1 is 0.939 bits per heavy atom. The van der Waals surface area contributed by atoms with Crippen LogP contribution >= 0.6 is 0 Å². The van der Waals surface area contributed by atoms with Crippen LogP contribution in [-0.2, 0) is 0 Å². The van der Waals surface area contributed by atoms with E-state index < -0.39 is 0 Å². The second-order valence-electron chi connectivity index (χ2n) is 8.24. The van der Waals surface area contributed by atoms with Gasteiger partial charge in [-0.25, -0.2) is 4.98 Å². The van der Waals surface area contributed by atoms with Gasteiger partial charge in [0.2, 0.25) is 11.7 Å². The first-order valence-corrected chi connectivity index (χ1v) is 10.9. The number of rotatable bonds is 5. The molecule has 1 amide bonds. The number of carbonyl (C=O) groups is 1. The van der Waals surface area contributed by atoms with Crippen molar-refractivity contribution in [2.45, 2.75) is 19.8 Å². The van der Waals surface area contributed by atoms with E-state index >= 15 is 0 Å². The number of anilines is 1. The Morgan fingerprint density at radius 3 is 2.39 bits per heavy atom. The van der Waals surface area contributed by atoms with Crippen LogP contribution in [0.1, 0.15) is 36.1 Å². The van der Waals surface area contributed by atoms with Gasteiger partial charge in [-0.15, -0.1) is 0 Å². The van der Waals surface area contributed by atoms with Gasteiger partial charge in [0.15, 0.2) is 11.5 Å². The number of hydrogen-bond acceptors (Lipinski definition) is 8. The zero-order chi connectivity index (χ0) is 22.8. The lowest BCUT2D eigenvalue weighted by atomic mass is 10.1. The maximum atomic E-state index is 12.9. The summed E-state index contributed by atoms with van der Waals surface area (Å²) in [6.07, 6.45) is 1.75. The van der Waals surface area contributed by atoms with Crippen LogP contribution in [0.25, 0.3) is 22.7 Å². The van der Waals surface area contributed by atoms with Crippen molar-refractivity contribution in [3.63, 3.8) is 0 Å². The molecule has 0 radical (unpaired) electrons. The first-order valence-electron chi connectivity index (χ1n) is 10.9. The minimum atomic E-state index is -0.123. The zero-order valence-corrected chi connectivity index (χ0v) is 18.5. The SMILES string of the molecule is CC(C)c1nc(-c2ccc(N3CCN(C(=O)c4cc(-c5ccccc5)on4)CC3)nc2)no1. The maximum Gasteiger partial charge on any atom is 0.276 e. The fraction of sp³-hybridized carbons (Fsp3) is 0.292. The average molecular weight is 444 g/mol. The van der Waals surface area contributed by atoms with Crippen LogP contribution in [-0.4, -0.2) is 57.3 Å². The Balaban J connectivity index is 1.20. The van der Waals surface area contributed by atoms with Crippen LogP contribution in [0.4, 0.5) is 5.82 Å². The largest absolute Gasteiger partial charge is 0.355 e. The Morgan fingerprint density at radius 2 is 1.73 bits per heavy atom. The van der Waals surface area contributed by atoms with E-state index in [0.717, 1.165) is 16.9 Å². The summed E-state index contributed by atoms with van der Waals surface area (Å²) < 4.78 is 10.7. The van der Waals surface area contributed by atoms with E-state index in [0.29, 0.717) is 49.3 Å². The fourth-order valence-corrected chi connectivity index (χ4v) is 3.71. The Labute approximate surface area is 191 Å². The third kappa shape index (κ3) is 4.34. The average Bonchev–Trinajstić information content (AvgIpc) is 3.55. The number of nitrogens with zero attached hydrogens (tertiary/aromatic N) is 6. The molecule has 0 unspecified atom stereocenters. The molecule has 168 valence electrons. The summed E-state index contributed by atoms with van der Waals surface area (Å²) in [7, 11) is 0. The van der Waals surface area contributed by atoms with Crippen molar-refractivity contribution >= 4 is 11.7 Å². The molecule has 0 aliphatic carbocycles. The van der Waals surface area contributed by atoms with Crippen molar-refractivity contribution in [1.29, 1.82) is 0 Å². The van der Waals surface area contributed by atoms with Gasteiger partial charge >= 0.3 is 0 Å². The van der Waals surface area contributed by atoms with E-state index in [2.05, 4.69) is 25.2 Å². The van der Waals surface area contributed by atoms with E-state index in [1.165, 1.54) is 0 Å². The molecule has 1 aliphatic rings. The minimum absolute atomic E-state index is 0.123. The van der Waals surface area contributed by atoms with Crippen molar-refractivity contribution in [2.75, 3.05) is 31.1 Å². The Kier molecular flexibility index (Phi) is 5.60. The minimum Gasteiger partial charge on any atom is -0.355 e. The molecule has 5 rings (SSSR count). The van der Waals surface area contributed by atoms with Crippen LogP contribution in [0.2, 0.25) is 0 Å². The first-order chi connectivity index (χ1) is 16.1. The summed E-state index contributed by atoms with van der Waals surface area (Å²) in [6.45, 7) is 6.54. The molecule has 1 aliphatic heterocycles. The second kappa shape index (κ2) is 8.85. The number of hydrogen-bond donors (Lipinski definition) is 0. The first kappa shape index (κ1) is 20.9. The topological polar surface area (TPSA) is 101 Å². The molecule has 0 bridgehead atoms. The lowest BCUT2D eigenvalue weighted by Crippen LogP contribution is -2.49. The van der Waals surface area contributed by atoms with Gasteiger partial charge in [0.25, 0.3) is 5.91 Å². The van der Waals surface area contributed by atoms with E-state index in [1.54, 1.807) is 17.2 Å². The molecule has 0 saturated carbocycles. The van der Waals surface area contributed by atoms with Crippen molar-refractivity contribution < 1.29 is 13.8 Å². The normalized spacial score (nSPS) is 14.2. The van der Waals surface area contributed by atoms with Gasteiger partial charge in [-0.05, 0) is 12.1 Å². The van der Waals surface area contributed by atoms with Crippen LogP contribution in [0.5, 0.6) is 0 Å². The highest BCUT2D eigenvalue weighted by molar-refractivity contribution is 5.93. The molecule has 4 heterocycles. The van der Waals surface area contributed by atoms with Gasteiger partial charge in [0.1, 0.15) is 5.82 Å². The number of benzene rings is 1. The standard InChI is InChI=1S/C24H24N6O3/c1-16(2)23-26-22(28-33-23)18-8-9-21(25-15-18)29-10-12-30(13-11-29)24(31)19-14-20(32-27-19)17-6-4-3-5-7-17/h3-9,14-16H,10-13H2,1-2H3. The van der Waals surface area contributed by atoms with Crippen LogP contribution in [0.15, 0.2) is 63.8 Å². The summed E-state index contributed by atoms with van der Waals surface area (Å²) in [5, 5.41) is 8.02. The lowest BCUT2D eigenvalue weighted by molar-refractivity contribution is 0.0736. The highest BCUT2D eigenvalue weighted by Gasteiger charge is 2.25. The van der Waals surface area contributed by atoms with Crippen molar-refractivity contribution in [3.8, 4) is 22.7 Å². The van der Waals surface area contributed by atoms with E-state index in [1.807, 2.05) is 56.3 Å². The number of amides is 1. The van der Waals surface area contributed by atoms with Gasteiger partial charge in [-0.1, -0.05) is 54.5 Å². The smallest absolute Gasteiger partial charge is 0.276 e. The molecule has 1 aromatic carbocycles. The van der Waals surface area contributed by atoms with Crippen LogP contribution < -0.4 is 4.90 Å². The second-order valence-corrected chi connectivity index (χ2v) is 8.24. The third-order valence-electron chi connectivity index (χ3n) is 5.62. The van der Waals surface area contributed by atoms with Crippen LogP contribution in [0, 0.1) is 0 Å². The monoisotopic (exact) mass is 444 g/mol. The molecule has 4 aromatic rings. The quantitative estimate of drug-likeness (QED) is 0.457. The summed E-state index contributed by atoms with van der Waals surface area (Å²) >= 11 is 0. The van der Waals surface area contributed by atoms with Crippen molar-refractivity contribution in [2.24, 2.45) is 0 Å². The van der Waals surface area contributed by atoms with Gasteiger partial charge < -0.3 is 18.8 Å². The van der Waals surface area contributed by atoms with E-state index in [4.69, 9.17) is 9.05 Å². The molecule has 9 heteroatoms. The Bertz CT molecular complexity index is 1220. The summed E-state index contributed by atoms with van der Waals surface area (Å²) in [5.41, 5.74) is 2.03. The molecule has 1 saturated heterocycles. The van der Waals surface area contributed by atoms with Crippen LogP contribution in [0.3, 0.4) is 0 Å². The van der Waals surface area contributed by atoms with E-state index in [9.17, 15) is 4.79 Å². The third-order valence-corrected chi connectivity index (χ3v) is 5.62. The molecule has 0 spiro atoms. The maximum absolute atomic E-state index is 12.9. The molecule has 1 fully saturated rings. The molecule has 33 heavy (non-hydrogen) atoms. The highest BCUT2D eigenvalue weighted by Crippen LogP contribution is 2.23. The summed E-state index contributed by atoms with van der Waals surface area (Å²) in [5.74, 6) is 2.64. The molecule has 0 N–H and O–H groups in total. The molecule has 0 atom stereocenters. The summed E-state index contributed by atoms with van der Waals surface area (Å²) in [6, 6.07) is 15.2. The molecule has 9 nitrogen and oxygen atoms in total. The number of piperazine rings is 1. The predicted octanol–water partition coefficient (Wildman–Crippen LogP) is 3.87.